The highest BCUT2D eigenvalue weighted by atomic mass is 32.2. The van der Waals surface area contributed by atoms with Gasteiger partial charge in [0.25, 0.3) is 5.91 Å². The summed E-state index contributed by atoms with van der Waals surface area (Å²) in [7, 11) is -3.43. The number of carbonyl (C=O) groups is 3. The summed E-state index contributed by atoms with van der Waals surface area (Å²) in [6.07, 6.45) is 1.15. The molecule has 1 aliphatic rings. The van der Waals surface area contributed by atoms with Crippen molar-refractivity contribution < 1.29 is 31.9 Å². The highest BCUT2D eigenvalue weighted by Crippen LogP contribution is 2.19. The lowest BCUT2D eigenvalue weighted by atomic mass is 9.94. The van der Waals surface area contributed by atoms with Crippen LogP contribution in [0.5, 0.6) is 5.75 Å². The molecule has 1 N–H and O–H groups in total. The van der Waals surface area contributed by atoms with E-state index in [4.69, 9.17) is 4.74 Å². The Morgan fingerprint density at radius 2 is 2.00 bits per heavy atom. The summed E-state index contributed by atoms with van der Waals surface area (Å²) in [5, 5.41) is 2.56. The van der Waals surface area contributed by atoms with E-state index in [0.717, 1.165) is 12.3 Å². The van der Waals surface area contributed by atoms with Crippen molar-refractivity contribution in [2.24, 2.45) is 5.92 Å². The standard InChI is InChI=1S/C20H27FN2O6S/c1-13(22-19(25)14(2)29-17-8-4-7-16(21)10-17)20(26)23-9-5-6-15(11-23)18(24)12-30(3,27)28/h4,7-8,10,13-15H,5-6,9,11-12H2,1-3H3,(H,22,25)/t13-,14+,15+/m1/s1. The maximum atomic E-state index is 13.2. The molecule has 30 heavy (non-hydrogen) atoms. The number of hydrogen-bond donors (Lipinski definition) is 1. The molecule has 1 aliphatic heterocycles. The van der Waals surface area contributed by atoms with E-state index >= 15 is 0 Å². The van der Waals surface area contributed by atoms with Gasteiger partial charge in [-0.05, 0) is 38.8 Å². The molecule has 2 amide bonds. The fourth-order valence-corrected chi connectivity index (χ4v) is 4.03. The molecule has 8 nitrogen and oxygen atoms in total. The number of ketones is 1. The minimum absolute atomic E-state index is 0.128. The van der Waals surface area contributed by atoms with Gasteiger partial charge in [-0.2, -0.15) is 0 Å². The first kappa shape index (κ1) is 23.8. The van der Waals surface area contributed by atoms with Gasteiger partial charge in [-0.15, -0.1) is 0 Å². The number of nitrogens with one attached hydrogen (secondary N) is 1. The number of halogens is 1. The fraction of sp³-hybridized carbons (Fsp3) is 0.550. The van der Waals surface area contributed by atoms with Crippen LogP contribution < -0.4 is 10.1 Å². The molecule has 0 aliphatic carbocycles. The minimum atomic E-state index is -3.43. The molecule has 0 radical (unpaired) electrons. The van der Waals surface area contributed by atoms with Crippen LogP contribution >= 0.6 is 0 Å². The molecule has 1 heterocycles. The number of nitrogens with zero attached hydrogens (tertiary/aromatic N) is 1. The number of carbonyl (C=O) groups excluding carboxylic acids is 3. The summed E-state index contributed by atoms with van der Waals surface area (Å²) >= 11 is 0. The molecule has 0 saturated carbocycles. The van der Waals surface area contributed by atoms with Gasteiger partial charge >= 0.3 is 0 Å². The zero-order valence-electron chi connectivity index (χ0n) is 17.3. The normalized spacial score (nSPS) is 18.9. The third kappa shape index (κ3) is 7.08. The SMILES string of the molecule is C[C@H](Oc1cccc(F)c1)C(=O)N[C@H](C)C(=O)N1CCC[C@H](C(=O)CS(C)(=O)=O)C1. The van der Waals surface area contributed by atoms with E-state index in [-0.39, 0.29) is 18.2 Å². The van der Waals surface area contributed by atoms with Crippen molar-refractivity contribution in [1.29, 1.82) is 0 Å². The van der Waals surface area contributed by atoms with E-state index in [1.807, 2.05) is 0 Å². The van der Waals surface area contributed by atoms with Gasteiger partial charge < -0.3 is 15.0 Å². The molecule has 166 valence electrons. The predicted octanol–water partition coefficient (Wildman–Crippen LogP) is 0.950. The van der Waals surface area contributed by atoms with Gasteiger partial charge in [-0.3, -0.25) is 14.4 Å². The van der Waals surface area contributed by atoms with Crippen LogP contribution in [0.15, 0.2) is 24.3 Å². The Balaban J connectivity index is 1.91. The van der Waals surface area contributed by atoms with Gasteiger partial charge in [-0.1, -0.05) is 6.07 Å². The molecule has 0 bridgehead atoms. The zero-order chi connectivity index (χ0) is 22.5. The Kier molecular flexibility index (Phi) is 7.94. The maximum Gasteiger partial charge on any atom is 0.261 e. The van der Waals surface area contributed by atoms with Crippen molar-refractivity contribution in [2.75, 3.05) is 25.1 Å². The van der Waals surface area contributed by atoms with Crippen LogP contribution in [-0.4, -0.2) is 68.2 Å². The average Bonchev–Trinajstić information content (AvgIpc) is 2.66. The van der Waals surface area contributed by atoms with Crippen LogP contribution in [-0.2, 0) is 24.2 Å². The Hall–Kier alpha value is -2.49. The van der Waals surface area contributed by atoms with Crippen molar-refractivity contribution in [3.63, 3.8) is 0 Å². The molecule has 1 fully saturated rings. The summed E-state index contributed by atoms with van der Waals surface area (Å²) in [5.74, 6) is -2.67. The smallest absolute Gasteiger partial charge is 0.261 e. The second-order valence-electron chi connectivity index (χ2n) is 7.61. The third-order valence-corrected chi connectivity index (χ3v) is 5.61. The van der Waals surface area contributed by atoms with Crippen LogP contribution in [0.4, 0.5) is 4.39 Å². The first-order chi connectivity index (χ1) is 14.0. The molecular formula is C20H27FN2O6S. The maximum absolute atomic E-state index is 13.2. The molecule has 0 aromatic heterocycles. The van der Waals surface area contributed by atoms with E-state index in [0.29, 0.717) is 19.4 Å². The lowest BCUT2D eigenvalue weighted by Gasteiger charge is -2.34. The van der Waals surface area contributed by atoms with Crippen molar-refractivity contribution in [3.05, 3.63) is 30.1 Å². The number of benzene rings is 1. The van der Waals surface area contributed by atoms with Crippen molar-refractivity contribution >= 4 is 27.4 Å². The quantitative estimate of drug-likeness (QED) is 0.642. The monoisotopic (exact) mass is 442 g/mol. The predicted molar refractivity (Wildman–Crippen MR) is 108 cm³/mol. The van der Waals surface area contributed by atoms with Gasteiger partial charge in [0.1, 0.15) is 23.4 Å². The summed E-state index contributed by atoms with van der Waals surface area (Å²) in [4.78, 5) is 38.7. The van der Waals surface area contributed by atoms with Crippen LogP contribution in [0.1, 0.15) is 26.7 Å². The number of likely N-dealkylation sites (tertiary alicyclic amines) is 1. The molecule has 10 heteroatoms. The van der Waals surface area contributed by atoms with Crippen molar-refractivity contribution in [3.8, 4) is 5.75 Å². The summed E-state index contributed by atoms with van der Waals surface area (Å²) in [5.41, 5.74) is 0. The lowest BCUT2D eigenvalue weighted by molar-refractivity contribution is -0.140. The first-order valence-electron chi connectivity index (χ1n) is 9.68. The first-order valence-corrected chi connectivity index (χ1v) is 11.7. The highest BCUT2D eigenvalue weighted by Gasteiger charge is 2.32. The lowest BCUT2D eigenvalue weighted by Crippen LogP contribution is -2.53. The van der Waals surface area contributed by atoms with E-state index in [9.17, 15) is 27.2 Å². The van der Waals surface area contributed by atoms with Crippen molar-refractivity contribution in [2.45, 2.75) is 38.8 Å². The molecule has 1 saturated heterocycles. The number of amides is 2. The van der Waals surface area contributed by atoms with E-state index in [2.05, 4.69) is 5.32 Å². The molecule has 2 rings (SSSR count). The van der Waals surface area contributed by atoms with Gasteiger partial charge in [0, 0.05) is 31.3 Å². The van der Waals surface area contributed by atoms with E-state index in [1.54, 1.807) is 0 Å². The Morgan fingerprint density at radius 3 is 2.63 bits per heavy atom. The van der Waals surface area contributed by atoms with E-state index in [1.165, 1.54) is 36.9 Å². The second kappa shape index (κ2) is 10.0. The van der Waals surface area contributed by atoms with Gasteiger partial charge in [-0.25, -0.2) is 12.8 Å². The van der Waals surface area contributed by atoms with Crippen LogP contribution in [0.3, 0.4) is 0 Å². The van der Waals surface area contributed by atoms with Crippen LogP contribution in [0, 0.1) is 11.7 Å². The molecule has 0 spiro atoms. The van der Waals surface area contributed by atoms with Crippen LogP contribution in [0.25, 0.3) is 0 Å². The van der Waals surface area contributed by atoms with Gasteiger partial charge in [0.05, 0.1) is 0 Å². The summed E-state index contributed by atoms with van der Waals surface area (Å²) < 4.78 is 41.4. The fourth-order valence-electron chi connectivity index (χ4n) is 3.28. The zero-order valence-corrected chi connectivity index (χ0v) is 18.1. The number of rotatable bonds is 8. The minimum Gasteiger partial charge on any atom is -0.481 e. The van der Waals surface area contributed by atoms with E-state index < -0.39 is 51.2 Å². The Morgan fingerprint density at radius 1 is 1.30 bits per heavy atom. The summed E-state index contributed by atoms with van der Waals surface area (Å²) in [6.45, 7) is 3.56. The number of ether oxygens (including phenoxy) is 1. The molecular weight excluding hydrogens is 415 g/mol. The number of Topliss-reactive ketones (excluding diaryl/α,β-unsaturated/α-hetero) is 1. The molecule has 1 aromatic carbocycles. The molecule has 1 aromatic rings. The Bertz CT molecular complexity index is 904. The van der Waals surface area contributed by atoms with Gasteiger partial charge in [0.2, 0.25) is 5.91 Å². The third-order valence-electron chi connectivity index (χ3n) is 4.80. The second-order valence-corrected chi connectivity index (χ2v) is 9.75. The number of sulfone groups is 1. The van der Waals surface area contributed by atoms with Crippen molar-refractivity contribution in [1.82, 2.24) is 10.2 Å². The molecule has 0 unspecified atom stereocenters. The summed E-state index contributed by atoms with van der Waals surface area (Å²) in [6, 6.07) is 4.52. The average molecular weight is 443 g/mol. The largest absolute Gasteiger partial charge is 0.481 e. The number of piperidine rings is 1. The highest BCUT2D eigenvalue weighted by molar-refractivity contribution is 7.91. The number of hydrogen-bond acceptors (Lipinski definition) is 6. The Labute approximate surface area is 175 Å². The van der Waals surface area contributed by atoms with Crippen LogP contribution in [0.2, 0.25) is 0 Å². The molecule has 3 atom stereocenters. The van der Waals surface area contributed by atoms with Gasteiger partial charge in [0.15, 0.2) is 21.7 Å². The topological polar surface area (TPSA) is 110 Å².